The van der Waals surface area contributed by atoms with Crippen molar-refractivity contribution in [2.45, 2.75) is 24.8 Å². The van der Waals surface area contributed by atoms with E-state index < -0.39 is 5.41 Å². The lowest BCUT2D eigenvalue weighted by Gasteiger charge is -2.14. The lowest BCUT2D eigenvalue weighted by molar-refractivity contribution is -0.143. The van der Waals surface area contributed by atoms with Crippen molar-refractivity contribution in [3.05, 3.63) is 65.5 Å². The highest BCUT2D eigenvalue weighted by molar-refractivity contribution is 5.95. The SMILES string of the molecule is COC(=O)C1(c2cccc(C(=O)NCc3cccnc3)c2)CC1. The molecular weight excluding hydrogens is 292 g/mol. The molecule has 0 spiro atoms. The van der Waals surface area contributed by atoms with Crippen LogP contribution in [0.15, 0.2) is 48.8 Å². The predicted molar refractivity (Wildman–Crippen MR) is 84.8 cm³/mol. The number of hydrogen-bond donors (Lipinski definition) is 1. The zero-order valence-corrected chi connectivity index (χ0v) is 12.9. The molecule has 1 aliphatic rings. The highest BCUT2D eigenvalue weighted by Crippen LogP contribution is 2.49. The van der Waals surface area contributed by atoms with Crippen LogP contribution in [0.2, 0.25) is 0 Å². The van der Waals surface area contributed by atoms with E-state index in [1.165, 1.54) is 7.11 Å². The maximum atomic E-state index is 12.3. The molecular formula is C18H18N2O3. The minimum absolute atomic E-state index is 0.170. The molecule has 1 heterocycles. The molecule has 23 heavy (non-hydrogen) atoms. The number of ether oxygens (including phenoxy) is 1. The summed E-state index contributed by atoms with van der Waals surface area (Å²) in [4.78, 5) is 28.3. The molecule has 1 N–H and O–H groups in total. The fraction of sp³-hybridized carbons (Fsp3) is 0.278. The Kier molecular flexibility index (Phi) is 4.10. The summed E-state index contributed by atoms with van der Waals surface area (Å²) in [6, 6.07) is 10.9. The number of nitrogens with zero attached hydrogens (tertiary/aromatic N) is 1. The van der Waals surface area contributed by atoms with Crippen LogP contribution in [0, 0.1) is 0 Å². The van der Waals surface area contributed by atoms with Gasteiger partial charge in [0, 0.05) is 24.5 Å². The van der Waals surface area contributed by atoms with Crippen molar-refractivity contribution in [2.75, 3.05) is 7.11 Å². The van der Waals surface area contributed by atoms with Crippen LogP contribution in [0.5, 0.6) is 0 Å². The molecule has 5 nitrogen and oxygen atoms in total. The van der Waals surface area contributed by atoms with Gasteiger partial charge >= 0.3 is 5.97 Å². The monoisotopic (exact) mass is 310 g/mol. The molecule has 118 valence electrons. The zero-order valence-electron chi connectivity index (χ0n) is 12.9. The molecule has 1 aromatic carbocycles. The minimum Gasteiger partial charge on any atom is -0.468 e. The molecule has 1 aliphatic carbocycles. The van der Waals surface area contributed by atoms with E-state index in [4.69, 9.17) is 4.74 Å². The summed E-state index contributed by atoms with van der Waals surface area (Å²) in [7, 11) is 1.40. The standard InChI is InChI=1S/C18H18N2O3/c1-23-17(22)18(7-8-18)15-6-2-5-14(10-15)16(21)20-12-13-4-3-9-19-11-13/h2-6,9-11H,7-8,12H2,1H3,(H,20,21). The van der Waals surface area contributed by atoms with Crippen LogP contribution < -0.4 is 5.32 Å². The Bertz CT molecular complexity index is 724. The Hall–Kier alpha value is -2.69. The van der Waals surface area contributed by atoms with Gasteiger partial charge in [0.25, 0.3) is 5.91 Å². The molecule has 0 bridgehead atoms. The molecule has 0 atom stereocenters. The lowest BCUT2D eigenvalue weighted by atomic mass is 9.94. The molecule has 3 rings (SSSR count). The molecule has 0 radical (unpaired) electrons. The van der Waals surface area contributed by atoms with Crippen LogP contribution in [0.3, 0.4) is 0 Å². The van der Waals surface area contributed by atoms with Crippen molar-refractivity contribution in [2.24, 2.45) is 0 Å². The number of benzene rings is 1. The second kappa shape index (κ2) is 6.20. The molecule has 5 heteroatoms. The van der Waals surface area contributed by atoms with Crippen LogP contribution in [0.25, 0.3) is 0 Å². The number of pyridine rings is 1. The van der Waals surface area contributed by atoms with E-state index in [0.29, 0.717) is 12.1 Å². The Morgan fingerprint density at radius 3 is 2.74 bits per heavy atom. The summed E-state index contributed by atoms with van der Waals surface area (Å²) in [5, 5.41) is 2.86. The first kappa shape index (κ1) is 15.2. The molecule has 0 aliphatic heterocycles. The number of carbonyl (C=O) groups excluding carboxylic acids is 2. The Morgan fingerprint density at radius 2 is 2.09 bits per heavy atom. The maximum absolute atomic E-state index is 12.3. The van der Waals surface area contributed by atoms with Crippen molar-refractivity contribution < 1.29 is 14.3 Å². The smallest absolute Gasteiger partial charge is 0.316 e. The predicted octanol–water partition coefficient (Wildman–Crippen LogP) is 2.22. The van der Waals surface area contributed by atoms with E-state index in [9.17, 15) is 9.59 Å². The lowest BCUT2D eigenvalue weighted by Crippen LogP contribution is -2.25. The number of rotatable bonds is 5. The van der Waals surface area contributed by atoms with E-state index >= 15 is 0 Å². The average molecular weight is 310 g/mol. The number of amides is 1. The van der Waals surface area contributed by atoms with Gasteiger partial charge in [0.05, 0.1) is 12.5 Å². The van der Waals surface area contributed by atoms with Crippen molar-refractivity contribution in [3.63, 3.8) is 0 Å². The van der Waals surface area contributed by atoms with E-state index in [-0.39, 0.29) is 11.9 Å². The summed E-state index contributed by atoms with van der Waals surface area (Å²) in [6.45, 7) is 0.416. The highest BCUT2D eigenvalue weighted by Gasteiger charge is 2.52. The maximum Gasteiger partial charge on any atom is 0.316 e. The van der Waals surface area contributed by atoms with Gasteiger partial charge in [-0.2, -0.15) is 0 Å². The van der Waals surface area contributed by atoms with Gasteiger partial charge in [0.15, 0.2) is 0 Å². The van der Waals surface area contributed by atoms with Crippen molar-refractivity contribution in [1.82, 2.24) is 10.3 Å². The van der Waals surface area contributed by atoms with Gasteiger partial charge in [0.2, 0.25) is 0 Å². The van der Waals surface area contributed by atoms with Crippen molar-refractivity contribution in [1.29, 1.82) is 0 Å². The number of carbonyl (C=O) groups is 2. The minimum atomic E-state index is -0.561. The van der Waals surface area contributed by atoms with Crippen molar-refractivity contribution in [3.8, 4) is 0 Å². The molecule has 1 fully saturated rings. The quantitative estimate of drug-likeness (QED) is 0.860. The number of hydrogen-bond acceptors (Lipinski definition) is 4. The number of nitrogens with one attached hydrogen (secondary N) is 1. The van der Waals surface area contributed by atoms with Crippen LogP contribution >= 0.6 is 0 Å². The van der Waals surface area contributed by atoms with E-state index in [0.717, 1.165) is 24.0 Å². The third-order valence-electron chi connectivity index (χ3n) is 4.18. The summed E-state index contributed by atoms with van der Waals surface area (Å²) < 4.78 is 4.89. The van der Waals surface area contributed by atoms with Gasteiger partial charge in [0.1, 0.15) is 0 Å². The normalized spacial score (nSPS) is 14.8. The molecule has 1 saturated carbocycles. The summed E-state index contributed by atoms with van der Waals surface area (Å²) in [5.74, 6) is -0.401. The fourth-order valence-corrected chi connectivity index (χ4v) is 2.68. The van der Waals surface area contributed by atoms with Crippen molar-refractivity contribution >= 4 is 11.9 Å². The first-order valence-electron chi connectivity index (χ1n) is 7.52. The molecule has 2 aromatic rings. The third-order valence-corrected chi connectivity index (χ3v) is 4.18. The Morgan fingerprint density at radius 1 is 1.26 bits per heavy atom. The van der Waals surface area contributed by atoms with Gasteiger partial charge in [-0.1, -0.05) is 18.2 Å². The Balaban J connectivity index is 1.72. The van der Waals surface area contributed by atoms with E-state index in [2.05, 4.69) is 10.3 Å². The first-order chi connectivity index (χ1) is 11.2. The average Bonchev–Trinajstić information content (AvgIpc) is 3.42. The van der Waals surface area contributed by atoms with Crippen LogP contribution in [0.1, 0.15) is 34.3 Å². The van der Waals surface area contributed by atoms with E-state index in [1.54, 1.807) is 30.6 Å². The second-order valence-electron chi connectivity index (χ2n) is 5.70. The molecule has 0 unspecified atom stereocenters. The van der Waals surface area contributed by atoms with Gasteiger partial charge in [-0.3, -0.25) is 14.6 Å². The van der Waals surface area contributed by atoms with Gasteiger partial charge < -0.3 is 10.1 Å². The molecule has 1 amide bonds. The number of aromatic nitrogens is 1. The third kappa shape index (κ3) is 3.08. The van der Waals surface area contributed by atoms with Crippen LogP contribution in [-0.2, 0) is 21.5 Å². The van der Waals surface area contributed by atoms with Crippen LogP contribution in [0.4, 0.5) is 0 Å². The fourth-order valence-electron chi connectivity index (χ4n) is 2.68. The Labute approximate surface area is 134 Å². The number of methoxy groups -OCH3 is 1. The second-order valence-corrected chi connectivity index (χ2v) is 5.70. The van der Waals surface area contributed by atoms with Crippen LogP contribution in [-0.4, -0.2) is 24.0 Å². The molecule has 1 aromatic heterocycles. The van der Waals surface area contributed by atoms with Gasteiger partial charge in [-0.15, -0.1) is 0 Å². The highest BCUT2D eigenvalue weighted by atomic mass is 16.5. The topological polar surface area (TPSA) is 68.3 Å². The molecule has 0 saturated heterocycles. The zero-order chi connectivity index (χ0) is 16.3. The largest absolute Gasteiger partial charge is 0.468 e. The summed E-state index contributed by atoms with van der Waals surface area (Å²) in [5.41, 5.74) is 1.76. The van der Waals surface area contributed by atoms with E-state index in [1.807, 2.05) is 18.2 Å². The first-order valence-corrected chi connectivity index (χ1v) is 7.52. The number of esters is 1. The van der Waals surface area contributed by atoms with Gasteiger partial charge in [-0.25, -0.2) is 0 Å². The summed E-state index contributed by atoms with van der Waals surface area (Å²) in [6.07, 6.45) is 4.94. The summed E-state index contributed by atoms with van der Waals surface area (Å²) >= 11 is 0. The van der Waals surface area contributed by atoms with Gasteiger partial charge in [-0.05, 0) is 42.2 Å².